The minimum absolute atomic E-state index is 0.0225. The van der Waals surface area contributed by atoms with Gasteiger partial charge in [0.05, 0.1) is 6.61 Å². The molecule has 0 amide bonds. The predicted octanol–water partition coefficient (Wildman–Crippen LogP) is 4.33. The zero-order valence-electron chi connectivity index (χ0n) is 17.2. The second-order valence-electron chi connectivity index (χ2n) is 7.34. The fourth-order valence-electron chi connectivity index (χ4n) is 3.31. The molecule has 28 heavy (non-hydrogen) atoms. The summed E-state index contributed by atoms with van der Waals surface area (Å²) in [5, 5.41) is 9.15. The smallest absolute Gasteiger partial charge is 0.188 e. The molecule has 1 heterocycles. The number of fused-ring (bicyclic) bond motifs is 1. The largest absolute Gasteiger partial charge is 0.489 e. The Kier molecular flexibility index (Phi) is 5.96. The zero-order chi connectivity index (χ0) is 20.3. The molecular formula is C23H28O5. The van der Waals surface area contributed by atoms with Gasteiger partial charge in [-0.3, -0.25) is 0 Å². The van der Waals surface area contributed by atoms with Crippen molar-refractivity contribution in [2.45, 2.75) is 39.9 Å². The van der Waals surface area contributed by atoms with Crippen molar-refractivity contribution in [2.75, 3.05) is 20.5 Å². The maximum atomic E-state index is 9.15. The number of ether oxygens (including phenoxy) is 4. The van der Waals surface area contributed by atoms with Crippen molar-refractivity contribution in [3.63, 3.8) is 0 Å². The standard InChI is InChI=1S/C23H28O5/c1-15-16(2)22-20(17(3)21(15)27-14-25-5)10-11-23(4,28-22)13-26-19-8-6-18(12-24)7-9-19/h6-11,24H,12-14H2,1-5H3. The van der Waals surface area contributed by atoms with E-state index in [1.165, 1.54) is 0 Å². The van der Waals surface area contributed by atoms with Crippen molar-refractivity contribution in [3.05, 3.63) is 58.2 Å². The van der Waals surface area contributed by atoms with E-state index >= 15 is 0 Å². The molecule has 150 valence electrons. The van der Waals surface area contributed by atoms with Gasteiger partial charge in [0.25, 0.3) is 0 Å². The molecule has 1 aliphatic heterocycles. The lowest BCUT2D eigenvalue weighted by Crippen LogP contribution is -2.39. The average Bonchev–Trinajstić information content (AvgIpc) is 2.71. The van der Waals surface area contributed by atoms with E-state index in [1.807, 2.05) is 58.0 Å². The maximum absolute atomic E-state index is 9.15. The van der Waals surface area contributed by atoms with E-state index in [9.17, 15) is 0 Å². The predicted molar refractivity (Wildman–Crippen MR) is 109 cm³/mol. The van der Waals surface area contributed by atoms with Gasteiger partial charge in [0.2, 0.25) is 0 Å². The zero-order valence-corrected chi connectivity index (χ0v) is 17.2. The van der Waals surface area contributed by atoms with Crippen LogP contribution in [0.2, 0.25) is 0 Å². The molecule has 0 bridgehead atoms. The van der Waals surface area contributed by atoms with Crippen LogP contribution in [-0.4, -0.2) is 31.2 Å². The third-order valence-electron chi connectivity index (χ3n) is 5.12. The lowest BCUT2D eigenvalue weighted by molar-refractivity contribution is 0.0494. The highest BCUT2D eigenvalue weighted by Gasteiger charge is 2.32. The van der Waals surface area contributed by atoms with Gasteiger partial charge in [-0.2, -0.15) is 0 Å². The number of hydrogen-bond donors (Lipinski definition) is 1. The molecule has 1 aliphatic rings. The van der Waals surface area contributed by atoms with Crippen molar-refractivity contribution in [3.8, 4) is 17.2 Å². The molecule has 1 unspecified atom stereocenters. The Hall–Kier alpha value is -2.50. The Morgan fingerprint density at radius 1 is 1.00 bits per heavy atom. The van der Waals surface area contributed by atoms with Crippen LogP contribution in [0.25, 0.3) is 6.08 Å². The average molecular weight is 384 g/mol. The Balaban J connectivity index is 1.81. The van der Waals surface area contributed by atoms with Crippen molar-refractivity contribution in [1.29, 1.82) is 0 Å². The molecule has 0 aliphatic carbocycles. The van der Waals surface area contributed by atoms with Gasteiger partial charge in [0.1, 0.15) is 23.9 Å². The van der Waals surface area contributed by atoms with Crippen LogP contribution in [0.15, 0.2) is 30.3 Å². The fourth-order valence-corrected chi connectivity index (χ4v) is 3.31. The van der Waals surface area contributed by atoms with Gasteiger partial charge in [-0.1, -0.05) is 18.2 Å². The first-order valence-electron chi connectivity index (χ1n) is 9.35. The molecule has 1 atom stereocenters. The summed E-state index contributed by atoms with van der Waals surface area (Å²) in [6, 6.07) is 7.41. The van der Waals surface area contributed by atoms with E-state index in [-0.39, 0.29) is 13.4 Å². The minimum atomic E-state index is -0.582. The molecule has 0 aromatic heterocycles. The number of methoxy groups -OCH3 is 1. The highest BCUT2D eigenvalue weighted by atomic mass is 16.7. The first-order valence-corrected chi connectivity index (χ1v) is 9.35. The summed E-state index contributed by atoms with van der Waals surface area (Å²) in [5.74, 6) is 2.45. The molecular weight excluding hydrogens is 356 g/mol. The third-order valence-corrected chi connectivity index (χ3v) is 5.12. The number of rotatable bonds is 7. The maximum Gasteiger partial charge on any atom is 0.188 e. The Morgan fingerprint density at radius 2 is 1.71 bits per heavy atom. The third kappa shape index (κ3) is 4.01. The number of hydrogen-bond acceptors (Lipinski definition) is 5. The summed E-state index contributed by atoms with van der Waals surface area (Å²) in [6.45, 7) is 8.73. The van der Waals surface area contributed by atoms with Gasteiger partial charge in [-0.15, -0.1) is 0 Å². The van der Waals surface area contributed by atoms with Crippen LogP contribution in [-0.2, 0) is 11.3 Å². The van der Waals surface area contributed by atoms with Crippen LogP contribution in [0.3, 0.4) is 0 Å². The van der Waals surface area contributed by atoms with Gasteiger partial charge in [0.15, 0.2) is 12.4 Å². The van der Waals surface area contributed by atoms with Crippen LogP contribution < -0.4 is 14.2 Å². The molecule has 0 saturated carbocycles. The lowest BCUT2D eigenvalue weighted by atomic mass is 9.92. The quantitative estimate of drug-likeness (QED) is 0.720. The number of benzene rings is 2. The molecule has 0 fully saturated rings. The van der Waals surface area contributed by atoms with Crippen molar-refractivity contribution in [2.24, 2.45) is 0 Å². The summed E-state index contributed by atoms with van der Waals surface area (Å²) < 4.78 is 23.2. The SMILES string of the molecule is COCOc1c(C)c(C)c2c(c1C)C=CC(C)(COc1ccc(CO)cc1)O2. The van der Waals surface area contributed by atoms with Crippen LogP contribution in [0, 0.1) is 20.8 Å². The Morgan fingerprint density at radius 3 is 2.36 bits per heavy atom. The monoisotopic (exact) mass is 384 g/mol. The molecule has 2 aromatic rings. The second-order valence-corrected chi connectivity index (χ2v) is 7.34. The van der Waals surface area contributed by atoms with Crippen molar-refractivity contribution < 1.29 is 24.1 Å². The van der Waals surface area contributed by atoms with Crippen LogP contribution >= 0.6 is 0 Å². The van der Waals surface area contributed by atoms with E-state index in [0.29, 0.717) is 6.61 Å². The van der Waals surface area contributed by atoms with Gasteiger partial charge in [0, 0.05) is 18.2 Å². The minimum Gasteiger partial charge on any atom is -0.489 e. The lowest BCUT2D eigenvalue weighted by Gasteiger charge is -2.34. The topological polar surface area (TPSA) is 57.2 Å². The fraction of sp³-hybridized carbons (Fsp3) is 0.391. The summed E-state index contributed by atoms with van der Waals surface area (Å²) in [5.41, 5.74) is 4.43. The van der Waals surface area contributed by atoms with Crippen molar-refractivity contribution >= 4 is 6.08 Å². The first kappa shape index (κ1) is 20.2. The van der Waals surface area contributed by atoms with Gasteiger partial charge < -0.3 is 24.1 Å². The molecule has 5 nitrogen and oxygen atoms in total. The van der Waals surface area contributed by atoms with Gasteiger partial charge >= 0.3 is 0 Å². The van der Waals surface area contributed by atoms with Gasteiger partial charge in [-0.05, 0) is 62.6 Å². The van der Waals surface area contributed by atoms with Gasteiger partial charge in [-0.25, -0.2) is 0 Å². The van der Waals surface area contributed by atoms with Crippen LogP contribution in [0.4, 0.5) is 0 Å². The van der Waals surface area contributed by atoms with E-state index in [2.05, 4.69) is 6.08 Å². The van der Waals surface area contributed by atoms with E-state index in [0.717, 1.165) is 45.1 Å². The highest BCUT2D eigenvalue weighted by molar-refractivity contribution is 5.71. The van der Waals surface area contributed by atoms with Crippen LogP contribution in [0.5, 0.6) is 17.2 Å². The first-order chi connectivity index (χ1) is 13.4. The van der Waals surface area contributed by atoms with E-state index in [1.54, 1.807) is 7.11 Å². The van der Waals surface area contributed by atoms with E-state index in [4.69, 9.17) is 24.1 Å². The molecule has 3 rings (SSSR count). The summed E-state index contributed by atoms with van der Waals surface area (Å²) in [6.07, 6.45) is 4.11. The second kappa shape index (κ2) is 8.25. The highest BCUT2D eigenvalue weighted by Crippen LogP contribution is 2.42. The molecule has 2 aromatic carbocycles. The molecule has 1 N–H and O–H groups in total. The molecule has 0 spiro atoms. The number of aliphatic hydroxyl groups is 1. The van der Waals surface area contributed by atoms with E-state index < -0.39 is 5.60 Å². The number of aliphatic hydroxyl groups excluding tert-OH is 1. The molecule has 0 saturated heterocycles. The Bertz CT molecular complexity index is 870. The molecule has 0 radical (unpaired) electrons. The summed E-state index contributed by atoms with van der Waals surface area (Å²) in [4.78, 5) is 0. The van der Waals surface area contributed by atoms with Crippen LogP contribution in [0.1, 0.15) is 34.7 Å². The Labute approximate surface area is 166 Å². The summed E-state index contributed by atoms with van der Waals surface area (Å²) >= 11 is 0. The van der Waals surface area contributed by atoms with Crippen molar-refractivity contribution in [1.82, 2.24) is 0 Å². The normalized spacial score (nSPS) is 17.8. The molecule has 5 heteroatoms. The summed E-state index contributed by atoms with van der Waals surface area (Å²) in [7, 11) is 1.61.